The van der Waals surface area contributed by atoms with Crippen molar-refractivity contribution in [3.63, 3.8) is 0 Å². The quantitative estimate of drug-likeness (QED) is 0.298. The van der Waals surface area contributed by atoms with E-state index in [1.807, 2.05) is 36.4 Å². The highest BCUT2D eigenvalue weighted by atomic mass is 16.6. The Labute approximate surface area is 185 Å². The number of esters is 1. The number of benzene rings is 3. The summed E-state index contributed by atoms with van der Waals surface area (Å²) >= 11 is 0. The van der Waals surface area contributed by atoms with E-state index in [0.717, 1.165) is 10.8 Å². The zero-order valence-corrected chi connectivity index (χ0v) is 17.9. The number of hydrazone groups is 1. The maximum atomic E-state index is 12.2. The van der Waals surface area contributed by atoms with Crippen LogP contribution in [-0.2, 0) is 14.3 Å². The zero-order valence-electron chi connectivity index (χ0n) is 17.9. The number of nitrogens with zero attached hydrogens (tertiary/aromatic N) is 1. The molecule has 8 heteroatoms. The van der Waals surface area contributed by atoms with Crippen LogP contribution >= 0.6 is 0 Å². The predicted molar refractivity (Wildman–Crippen MR) is 120 cm³/mol. The molecular formula is C24H24N2O6. The number of amides is 1. The second-order valence-electron chi connectivity index (χ2n) is 6.52. The van der Waals surface area contributed by atoms with E-state index in [1.165, 1.54) is 13.3 Å². The summed E-state index contributed by atoms with van der Waals surface area (Å²) in [7, 11) is 1.53. The molecule has 3 aromatic rings. The van der Waals surface area contributed by atoms with Crippen LogP contribution in [-0.4, -0.2) is 45.0 Å². The van der Waals surface area contributed by atoms with Gasteiger partial charge in [-0.05, 0) is 35.9 Å². The second-order valence-corrected chi connectivity index (χ2v) is 6.52. The average molecular weight is 436 g/mol. The van der Waals surface area contributed by atoms with Crippen LogP contribution in [0.5, 0.6) is 17.2 Å². The van der Waals surface area contributed by atoms with Gasteiger partial charge in [-0.25, -0.2) is 10.2 Å². The van der Waals surface area contributed by atoms with Crippen molar-refractivity contribution in [2.45, 2.75) is 6.92 Å². The fourth-order valence-electron chi connectivity index (χ4n) is 2.96. The number of methoxy groups -OCH3 is 1. The van der Waals surface area contributed by atoms with Crippen LogP contribution < -0.4 is 19.6 Å². The Morgan fingerprint density at radius 3 is 2.41 bits per heavy atom. The van der Waals surface area contributed by atoms with Gasteiger partial charge in [0.25, 0.3) is 5.91 Å². The molecule has 0 aromatic heterocycles. The van der Waals surface area contributed by atoms with Crippen molar-refractivity contribution in [3.8, 4) is 17.2 Å². The summed E-state index contributed by atoms with van der Waals surface area (Å²) in [5.74, 6) is 0.521. The number of hydrogen-bond donors (Lipinski definition) is 1. The van der Waals surface area contributed by atoms with Gasteiger partial charge in [-0.2, -0.15) is 5.10 Å². The summed E-state index contributed by atoms with van der Waals surface area (Å²) in [6.45, 7) is 1.54. The van der Waals surface area contributed by atoms with Crippen LogP contribution in [0.3, 0.4) is 0 Å². The van der Waals surface area contributed by atoms with Gasteiger partial charge in [-0.3, -0.25) is 4.79 Å². The Kier molecular flexibility index (Phi) is 8.02. The number of ether oxygens (including phenoxy) is 4. The standard InChI is InChI=1S/C24H24N2O6/c1-3-30-24(28)16-32-20-13-12-17-8-4-5-9-18(17)19(20)14-25-26-23(27)15-31-22-11-7-6-10-21(22)29-2/h4-14H,3,15-16H2,1-2H3,(H,26,27)/b25-14+. The first-order chi connectivity index (χ1) is 15.6. The fourth-order valence-corrected chi connectivity index (χ4v) is 2.96. The topological polar surface area (TPSA) is 95.5 Å². The molecule has 8 nitrogen and oxygen atoms in total. The molecule has 1 amide bonds. The molecule has 0 heterocycles. The molecule has 0 aliphatic rings. The summed E-state index contributed by atoms with van der Waals surface area (Å²) in [5.41, 5.74) is 3.06. The van der Waals surface area contributed by atoms with Crippen LogP contribution in [0, 0.1) is 0 Å². The molecule has 0 saturated heterocycles. The van der Waals surface area contributed by atoms with E-state index in [1.54, 1.807) is 31.2 Å². The minimum absolute atomic E-state index is 0.230. The maximum absolute atomic E-state index is 12.2. The zero-order chi connectivity index (χ0) is 22.8. The minimum atomic E-state index is -0.467. The van der Waals surface area contributed by atoms with E-state index < -0.39 is 11.9 Å². The first-order valence-corrected chi connectivity index (χ1v) is 10.00. The van der Waals surface area contributed by atoms with Crippen molar-refractivity contribution in [2.75, 3.05) is 26.9 Å². The number of carbonyl (C=O) groups excluding carboxylic acids is 2. The van der Waals surface area contributed by atoms with E-state index in [2.05, 4.69) is 10.5 Å². The van der Waals surface area contributed by atoms with Gasteiger partial charge in [-0.1, -0.05) is 42.5 Å². The molecule has 0 aliphatic carbocycles. The number of para-hydroxylation sites is 2. The molecule has 1 N–H and O–H groups in total. The highest BCUT2D eigenvalue weighted by Crippen LogP contribution is 2.27. The van der Waals surface area contributed by atoms with Gasteiger partial charge >= 0.3 is 5.97 Å². The van der Waals surface area contributed by atoms with Crippen LogP contribution in [0.1, 0.15) is 12.5 Å². The Balaban J connectivity index is 1.69. The van der Waals surface area contributed by atoms with Crippen LogP contribution in [0.4, 0.5) is 0 Å². The Morgan fingerprint density at radius 2 is 1.62 bits per heavy atom. The Morgan fingerprint density at radius 1 is 0.906 bits per heavy atom. The third-order valence-electron chi connectivity index (χ3n) is 4.39. The lowest BCUT2D eigenvalue weighted by atomic mass is 10.0. The van der Waals surface area contributed by atoms with E-state index in [0.29, 0.717) is 22.8 Å². The highest BCUT2D eigenvalue weighted by Gasteiger charge is 2.11. The molecule has 0 radical (unpaired) electrons. The van der Waals surface area contributed by atoms with Gasteiger partial charge in [-0.15, -0.1) is 0 Å². The SMILES string of the molecule is CCOC(=O)COc1ccc2ccccc2c1/C=N/NC(=O)COc1ccccc1OC. The number of carbonyl (C=O) groups is 2. The van der Waals surface area contributed by atoms with Gasteiger partial charge in [0, 0.05) is 5.56 Å². The fraction of sp³-hybridized carbons (Fsp3) is 0.208. The van der Waals surface area contributed by atoms with Crippen LogP contribution in [0.15, 0.2) is 65.8 Å². The summed E-state index contributed by atoms with van der Waals surface area (Å²) in [6.07, 6.45) is 1.48. The molecular weight excluding hydrogens is 412 g/mol. The molecule has 166 valence electrons. The van der Waals surface area contributed by atoms with Crippen molar-refractivity contribution in [1.82, 2.24) is 5.43 Å². The molecule has 0 spiro atoms. The molecule has 0 bridgehead atoms. The van der Waals surface area contributed by atoms with Crippen molar-refractivity contribution >= 4 is 28.9 Å². The average Bonchev–Trinajstić information content (AvgIpc) is 2.82. The minimum Gasteiger partial charge on any atom is -0.493 e. The second kappa shape index (κ2) is 11.4. The molecule has 0 atom stereocenters. The lowest BCUT2D eigenvalue weighted by molar-refractivity contribution is -0.145. The Hall–Kier alpha value is -4.07. The molecule has 0 fully saturated rings. The van der Waals surface area contributed by atoms with Gasteiger partial charge in [0.1, 0.15) is 5.75 Å². The summed E-state index contributed by atoms with van der Waals surface area (Å²) in [4.78, 5) is 23.8. The van der Waals surface area contributed by atoms with Crippen molar-refractivity contribution in [2.24, 2.45) is 5.10 Å². The maximum Gasteiger partial charge on any atom is 0.344 e. The van der Waals surface area contributed by atoms with Crippen molar-refractivity contribution in [3.05, 3.63) is 66.2 Å². The van der Waals surface area contributed by atoms with E-state index in [9.17, 15) is 9.59 Å². The molecule has 0 saturated carbocycles. The molecule has 3 rings (SSSR count). The van der Waals surface area contributed by atoms with Gasteiger partial charge in [0.2, 0.25) is 0 Å². The van der Waals surface area contributed by atoms with E-state index >= 15 is 0 Å². The summed E-state index contributed by atoms with van der Waals surface area (Å²) < 4.78 is 21.2. The lowest BCUT2D eigenvalue weighted by Gasteiger charge is -2.11. The normalized spacial score (nSPS) is 10.7. The third-order valence-corrected chi connectivity index (χ3v) is 4.39. The lowest BCUT2D eigenvalue weighted by Crippen LogP contribution is -2.24. The number of nitrogens with one attached hydrogen (secondary N) is 1. The first-order valence-electron chi connectivity index (χ1n) is 10.00. The summed E-state index contributed by atoms with van der Waals surface area (Å²) in [6, 6.07) is 18.3. The molecule has 0 unspecified atom stereocenters. The van der Waals surface area contributed by atoms with Crippen LogP contribution in [0.25, 0.3) is 10.8 Å². The Bertz CT molecular complexity index is 1110. The van der Waals surface area contributed by atoms with Crippen molar-refractivity contribution in [1.29, 1.82) is 0 Å². The van der Waals surface area contributed by atoms with Gasteiger partial charge in [0.05, 0.1) is 19.9 Å². The van der Waals surface area contributed by atoms with E-state index in [-0.39, 0.29) is 19.8 Å². The largest absolute Gasteiger partial charge is 0.493 e. The van der Waals surface area contributed by atoms with Gasteiger partial charge in [0.15, 0.2) is 24.7 Å². The first kappa shape index (κ1) is 22.6. The predicted octanol–water partition coefficient (Wildman–Crippen LogP) is 3.32. The number of rotatable bonds is 10. The van der Waals surface area contributed by atoms with E-state index in [4.69, 9.17) is 18.9 Å². The third kappa shape index (κ3) is 5.98. The monoisotopic (exact) mass is 436 g/mol. The molecule has 32 heavy (non-hydrogen) atoms. The van der Waals surface area contributed by atoms with Crippen molar-refractivity contribution < 1.29 is 28.5 Å². The smallest absolute Gasteiger partial charge is 0.344 e. The molecule has 3 aromatic carbocycles. The summed E-state index contributed by atoms with van der Waals surface area (Å²) in [5, 5.41) is 5.86. The van der Waals surface area contributed by atoms with Crippen LogP contribution in [0.2, 0.25) is 0 Å². The highest BCUT2D eigenvalue weighted by molar-refractivity contribution is 6.02. The number of fused-ring (bicyclic) bond motifs is 1. The number of hydrogen-bond acceptors (Lipinski definition) is 7. The van der Waals surface area contributed by atoms with Gasteiger partial charge < -0.3 is 18.9 Å². The molecule has 0 aliphatic heterocycles.